The van der Waals surface area contributed by atoms with Gasteiger partial charge in [0.2, 0.25) is 34.2 Å². The van der Waals surface area contributed by atoms with Crippen molar-refractivity contribution < 1.29 is 35.9 Å². The zero-order chi connectivity index (χ0) is 76.5. The second kappa shape index (κ2) is 30.9. The van der Waals surface area contributed by atoms with Gasteiger partial charge in [0, 0.05) is 91.6 Å². The molecule has 12 nitrogen and oxygen atoms in total. The first-order valence-corrected chi connectivity index (χ1v) is 37.3. The Hall–Kier alpha value is -12.5. The number of fused-ring (bicyclic) bond motifs is 12. The number of hydrogen-bond donors (Lipinski definition) is 0. The minimum Gasteiger partial charge on any atom is -0.467 e. The van der Waals surface area contributed by atoms with Gasteiger partial charge in [0.15, 0.2) is 24.8 Å². The molecule has 108 heavy (non-hydrogen) atoms. The van der Waals surface area contributed by atoms with Crippen molar-refractivity contribution in [3.05, 3.63) is 273 Å². The van der Waals surface area contributed by atoms with Gasteiger partial charge in [-0.15, -0.1) is 0 Å². The van der Waals surface area contributed by atoms with Crippen LogP contribution in [0, 0.1) is 87.2 Å². The van der Waals surface area contributed by atoms with Crippen molar-refractivity contribution in [1.82, 2.24) is 0 Å². The van der Waals surface area contributed by atoms with Gasteiger partial charge in [-0.1, -0.05) is 79.7 Å². The van der Waals surface area contributed by atoms with Crippen LogP contribution in [0.4, 0.5) is 11.4 Å². The third-order valence-electron chi connectivity index (χ3n) is 20.4. The van der Waals surface area contributed by atoms with Crippen LogP contribution in [-0.4, -0.2) is 0 Å². The fourth-order valence-electron chi connectivity index (χ4n) is 15.4. The second-order valence-electron chi connectivity index (χ2n) is 30.6. The van der Waals surface area contributed by atoms with Gasteiger partial charge < -0.3 is 17.7 Å². The molecule has 0 bridgehead atoms. The third-order valence-corrected chi connectivity index (χ3v) is 20.4. The summed E-state index contributed by atoms with van der Waals surface area (Å²) in [6.07, 6.45) is 11.9. The van der Waals surface area contributed by atoms with Crippen molar-refractivity contribution in [3.63, 3.8) is 0 Å². The molecule has 536 valence electrons. The summed E-state index contributed by atoms with van der Waals surface area (Å²) in [5, 5.41) is 27.5. The van der Waals surface area contributed by atoms with Crippen LogP contribution in [0.1, 0.15) is 111 Å². The molecule has 0 atom stereocenters. The first-order chi connectivity index (χ1) is 51.9. The van der Waals surface area contributed by atoms with E-state index >= 15 is 0 Å². The maximum absolute atomic E-state index is 9.72. The van der Waals surface area contributed by atoms with Crippen LogP contribution < -0.4 is 18.3 Å². The molecule has 0 spiro atoms. The summed E-state index contributed by atoms with van der Waals surface area (Å²) >= 11 is 0. The fourth-order valence-corrected chi connectivity index (χ4v) is 15.4. The van der Waals surface area contributed by atoms with Crippen LogP contribution in [0.5, 0.6) is 0 Å². The number of furan rings is 4. The van der Waals surface area contributed by atoms with Gasteiger partial charge in [0.05, 0.1) is 58.7 Å². The zero-order valence-electron chi connectivity index (χ0n) is 64.8. The molecular formula is C96H92N8O4+4. The molecule has 0 radical (unpaired) electrons. The lowest BCUT2D eigenvalue weighted by atomic mass is 9.96. The van der Waals surface area contributed by atoms with Crippen molar-refractivity contribution in [2.45, 2.75) is 109 Å². The maximum Gasteiger partial charge on any atom is 0.243 e. The molecule has 0 amide bonds. The highest BCUT2D eigenvalue weighted by Gasteiger charge is 2.26. The van der Waals surface area contributed by atoms with Crippen molar-refractivity contribution in [2.75, 3.05) is 0 Å². The fraction of sp³-hybridized carbons (Fsp3) is 0.250. The van der Waals surface area contributed by atoms with Gasteiger partial charge in [-0.2, -0.15) is 10.5 Å². The molecule has 0 fully saturated rings. The topological polar surface area (TPSA) is 124 Å². The highest BCUT2D eigenvalue weighted by atomic mass is 16.3. The normalized spacial score (nSPS) is 11.4. The third kappa shape index (κ3) is 14.7. The Morgan fingerprint density at radius 3 is 1.27 bits per heavy atom. The highest BCUT2D eigenvalue weighted by molar-refractivity contribution is 6.14. The second-order valence-corrected chi connectivity index (χ2v) is 30.6. The molecule has 8 aromatic carbocycles. The molecule has 0 aliphatic carbocycles. The number of aryl methyl sites for hydroxylation is 8. The molecular weight excluding hydrogens is 1330 g/mol. The van der Waals surface area contributed by atoms with Crippen LogP contribution in [0.25, 0.3) is 142 Å². The minimum atomic E-state index is 0.492. The van der Waals surface area contributed by atoms with Gasteiger partial charge in [0.25, 0.3) is 0 Å². The van der Waals surface area contributed by atoms with E-state index in [0.29, 0.717) is 51.8 Å². The number of hydrogen-bond acceptors (Lipinski definition) is 6. The lowest BCUT2D eigenvalue weighted by Gasteiger charge is -2.07. The van der Waals surface area contributed by atoms with Crippen molar-refractivity contribution >= 4 is 99.1 Å². The van der Waals surface area contributed by atoms with Crippen LogP contribution in [0.3, 0.4) is 0 Å². The first kappa shape index (κ1) is 73.8. The Kier molecular flexibility index (Phi) is 21.1. The van der Waals surface area contributed by atoms with Crippen molar-refractivity contribution in [2.24, 2.45) is 51.9 Å². The molecule has 8 heterocycles. The molecule has 0 saturated heterocycles. The zero-order valence-corrected chi connectivity index (χ0v) is 64.8. The molecule has 0 aliphatic rings. The number of benzene rings is 8. The van der Waals surface area contributed by atoms with Crippen molar-refractivity contribution in [3.8, 4) is 57.2 Å². The molecule has 8 aromatic heterocycles. The van der Waals surface area contributed by atoms with E-state index in [1.807, 2.05) is 111 Å². The summed E-state index contributed by atoms with van der Waals surface area (Å²) in [7, 11) is 8.15. The number of nitrogens with zero attached hydrogens (tertiary/aromatic N) is 8. The van der Waals surface area contributed by atoms with Gasteiger partial charge in [-0.3, -0.25) is 0 Å². The molecule has 16 aromatic rings. The first-order valence-electron chi connectivity index (χ1n) is 37.3. The average molecular weight is 1420 g/mol. The largest absolute Gasteiger partial charge is 0.467 e. The molecule has 0 aliphatic heterocycles. The SMILES string of the molecule is Cc1cc2c(cc1-c1cccc[n+]1C)oc1cc(CC(C)C)c(C#N)cc12.Cc1cc2c(cc1-c1cccc[n+]1C)oc1cc(CC(C)C)cc(C#N)c12.[C-]#[N+]c1c(-c2cccc[n+]2C)c(C)cc2c1oc1cc(CC(C)C)ccc12.[C-]#[N+]c1c(CC(C)C)ccc2c1oc1cc(-c3cccc[n+]3C)c(C)cc12. The Morgan fingerprint density at radius 2 is 0.759 bits per heavy atom. The van der Waals surface area contributed by atoms with E-state index in [2.05, 4.69) is 235 Å². The maximum atomic E-state index is 9.72. The summed E-state index contributed by atoms with van der Waals surface area (Å²) in [4.78, 5) is 7.70. The lowest BCUT2D eigenvalue weighted by Crippen LogP contribution is -2.30. The Balaban J connectivity index is 0.000000127. The standard InChI is InChI=1S/4C24H23N2O/c1-15(2)12-17-9-10-18-20-13-16(3)19(21-8-6-7-11-26(21)5)14-22(20)27-24(18)23(17)25-4;1-15(2)12-17-9-10-18-19-13-16(3)22(20-8-6-7-11-26(20)5)23(25-4)24(19)27-21(18)14-17;1-15(2)9-17-12-23-21(11-18(17)14-25)20-10-16(3)19(13-24(20)27-23)22-7-5-6-8-26(22)4;1-15(2)9-17-11-18(14-25)24-20-10-16(3)19(13-22(20)27-23(24)12-17)21-7-5-6-8-26(21)4/h2*6-11,13-15H,12H2,1-3,5H3;2*5-8,10-13,15H,9H2,1-4H3/q4*+1. The molecule has 0 N–H and O–H groups in total. The highest BCUT2D eigenvalue weighted by Crippen LogP contribution is 2.45. The Morgan fingerprint density at radius 1 is 0.352 bits per heavy atom. The molecule has 16 rings (SSSR count). The van der Waals surface area contributed by atoms with E-state index in [4.69, 9.17) is 30.8 Å². The van der Waals surface area contributed by atoms with E-state index in [0.717, 1.165) is 175 Å². The number of rotatable bonds is 12. The predicted octanol–water partition coefficient (Wildman–Crippen LogP) is 23.2. The molecule has 0 saturated carbocycles. The van der Waals surface area contributed by atoms with Crippen molar-refractivity contribution in [1.29, 1.82) is 10.5 Å². The Labute approximate surface area is 632 Å². The van der Waals surface area contributed by atoms with Gasteiger partial charge in [-0.05, 0) is 219 Å². The van der Waals surface area contributed by atoms with Crippen LogP contribution in [-0.2, 0) is 53.9 Å². The average Bonchev–Trinajstić information content (AvgIpc) is 1.60. The van der Waals surface area contributed by atoms with Gasteiger partial charge >= 0.3 is 0 Å². The summed E-state index contributed by atoms with van der Waals surface area (Å²) in [6, 6.07) is 63.1. The number of pyridine rings is 4. The number of nitriles is 2. The van der Waals surface area contributed by atoms with E-state index in [1.54, 1.807) is 0 Å². The smallest absolute Gasteiger partial charge is 0.243 e. The van der Waals surface area contributed by atoms with Gasteiger partial charge in [-0.25, -0.2) is 28.0 Å². The monoisotopic (exact) mass is 1420 g/mol. The van der Waals surface area contributed by atoms with Crippen LogP contribution in [0.15, 0.2) is 212 Å². The van der Waals surface area contributed by atoms with E-state index < -0.39 is 0 Å². The van der Waals surface area contributed by atoms with E-state index in [-0.39, 0.29) is 0 Å². The summed E-state index contributed by atoms with van der Waals surface area (Å²) in [5.41, 5.74) is 27.2. The molecule has 0 unspecified atom stereocenters. The number of aromatic nitrogens is 4. The Bertz CT molecular complexity index is 6310. The van der Waals surface area contributed by atoms with Crippen LogP contribution in [0.2, 0.25) is 0 Å². The predicted molar refractivity (Wildman–Crippen MR) is 436 cm³/mol. The van der Waals surface area contributed by atoms with Crippen LogP contribution >= 0.6 is 0 Å². The van der Waals surface area contributed by atoms with Gasteiger partial charge in [0.1, 0.15) is 72.9 Å². The van der Waals surface area contributed by atoms with E-state index in [1.165, 1.54) is 22.3 Å². The minimum absolute atomic E-state index is 0.492. The quantitative estimate of drug-likeness (QED) is 0.0886. The summed E-state index contributed by atoms with van der Waals surface area (Å²) in [6.45, 7) is 41.5. The summed E-state index contributed by atoms with van der Waals surface area (Å²) < 4.78 is 33.3. The van der Waals surface area contributed by atoms with E-state index in [9.17, 15) is 10.5 Å². The lowest BCUT2D eigenvalue weighted by molar-refractivity contribution is -0.660. The molecule has 12 heteroatoms. The summed E-state index contributed by atoms with van der Waals surface area (Å²) in [5.74, 6) is 2.12.